The quantitative estimate of drug-likeness (QED) is 0.0210. The molecule has 57 heavy (non-hydrogen) atoms. The van der Waals surface area contributed by atoms with Crippen LogP contribution in [-0.4, -0.2) is 75.5 Å². The first-order valence-corrected chi connectivity index (χ1v) is 20.8. The number of ether oxygens (including phenoxy) is 3. The van der Waals surface area contributed by atoms with E-state index in [0.29, 0.717) is 12.8 Å². The number of quaternary nitrogens is 1. The van der Waals surface area contributed by atoms with Gasteiger partial charge in [0.25, 0.3) is 0 Å². The number of unbranched alkanes of at least 4 members (excludes halogenated alkanes) is 2. The second-order valence-corrected chi connectivity index (χ2v) is 14.2. The van der Waals surface area contributed by atoms with Gasteiger partial charge in [-0.1, -0.05) is 148 Å². The van der Waals surface area contributed by atoms with Crippen molar-refractivity contribution < 1.29 is 38.2 Å². The lowest BCUT2D eigenvalue weighted by Gasteiger charge is -2.34. The Kier molecular flexibility index (Phi) is 35.3. The van der Waals surface area contributed by atoms with Crippen molar-refractivity contribution in [3.05, 3.63) is 134 Å². The summed E-state index contributed by atoms with van der Waals surface area (Å²) in [7, 11) is 5.34. The molecule has 0 fully saturated rings. The Morgan fingerprint density at radius 2 is 0.982 bits per heavy atom. The molecular weight excluding hydrogens is 715 g/mol. The molecule has 0 spiro atoms. The van der Waals surface area contributed by atoms with E-state index in [0.717, 1.165) is 57.8 Å². The molecule has 0 amide bonds. The van der Waals surface area contributed by atoms with Crippen LogP contribution in [0.4, 0.5) is 0 Å². The van der Waals surface area contributed by atoms with Gasteiger partial charge in [0.05, 0.1) is 40.3 Å². The number of rotatable bonds is 34. The number of hydrogen-bond acceptors (Lipinski definition) is 7. The first-order valence-electron chi connectivity index (χ1n) is 20.8. The molecule has 0 aromatic rings. The predicted molar refractivity (Wildman–Crippen MR) is 235 cm³/mol. The summed E-state index contributed by atoms with van der Waals surface area (Å²) in [5, 5.41) is 11.6. The highest BCUT2D eigenvalue weighted by molar-refractivity contribution is 5.70. The predicted octanol–water partition coefficient (Wildman–Crippen LogP) is 9.90. The maximum absolute atomic E-state index is 12.7. The maximum Gasteiger partial charge on any atom is 0.306 e. The second-order valence-electron chi connectivity index (χ2n) is 14.2. The van der Waals surface area contributed by atoms with E-state index >= 15 is 0 Å². The number of hydrogen-bond donors (Lipinski definition) is 0. The van der Waals surface area contributed by atoms with Gasteiger partial charge in [-0.05, 0) is 70.6 Å². The molecule has 0 rings (SSSR count). The summed E-state index contributed by atoms with van der Waals surface area (Å²) in [6.07, 6.45) is 55.0. The van der Waals surface area contributed by atoms with Crippen molar-refractivity contribution in [2.24, 2.45) is 0 Å². The van der Waals surface area contributed by atoms with Gasteiger partial charge in [0.1, 0.15) is 12.6 Å². The summed E-state index contributed by atoms with van der Waals surface area (Å²) < 4.78 is 17.0. The van der Waals surface area contributed by atoms with Crippen molar-refractivity contribution in [1.82, 2.24) is 0 Å². The SMILES string of the molecule is CC/C=C/C=C/C=C/C=C/C=C/CCCC(=O)OCC(COCCC(C(=O)[O-])[N+](C)(C)C)OC(=O)CCC/C=C/C/C=C/C/C=C/C/C=C/C/C=C/C/C=C/CC. The van der Waals surface area contributed by atoms with Crippen molar-refractivity contribution in [3.8, 4) is 0 Å². The van der Waals surface area contributed by atoms with Crippen LogP contribution in [0.2, 0.25) is 0 Å². The minimum absolute atomic E-state index is 0.0160. The normalized spacial score (nSPS) is 14.3. The lowest BCUT2D eigenvalue weighted by Crippen LogP contribution is -2.55. The fraction of sp³-hybridized carbons (Fsp3) is 0.490. The summed E-state index contributed by atoms with van der Waals surface area (Å²) in [6, 6.07) is -0.756. The van der Waals surface area contributed by atoms with E-state index in [1.807, 2.05) is 54.7 Å². The molecule has 0 aromatic heterocycles. The van der Waals surface area contributed by atoms with E-state index in [1.165, 1.54) is 0 Å². The molecule has 0 N–H and O–H groups in total. The number of carbonyl (C=O) groups is 3. The van der Waals surface area contributed by atoms with E-state index < -0.39 is 24.1 Å². The minimum atomic E-state index is -1.15. The number of esters is 2. The first kappa shape index (κ1) is 52.5. The Morgan fingerprint density at radius 1 is 0.544 bits per heavy atom. The number of likely N-dealkylation sites (N-methyl/N-ethyl adjacent to an activating group) is 1. The molecule has 316 valence electrons. The Hall–Kier alpha value is -4.53. The zero-order valence-corrected chi connectivity index (χ0v) is 35.7. The Bertz CT molecular complexity index is 1380. The monoisotopic (exact) mass is 788 g/mol. The molecule has 0 aliphatic heterocycles. The van der Waals surface area contributed by atoms with Crippen LogP contribution in [-0.2, 0) is 28.6 Å². The van der Waals surface area contributed by atoms with E-state index in [1.54, 1.807) is 21.1 Å². The van der Waals surface area contributed by atoms with E-state index in [9.17, 15) is 19.5 Å². The van der Waals surface area contributed by atoms with Gasteiger partial charge in [-0.25, -0.2) is 0 Å². The number of carbonyl (C=O) groups excluding carboxylic acids is 3. The van der Waals surface area contributed by atoms with Gasteiger partial charge in [0.2, 0.25) is 0 Å². The third-order valence-corrected chi connectivity index (χ3v) is 8.16. The smallest absolute Gasteiger partial charge is 0.306 e. The summed E-state index contributed by atoms with van der Waals surface area (Å²) >= 11 is 0. The van der Waals surface area contributed by atoms with Gasteiger partial charge in [-0.3, -0.25) is 9.59 Å². The van der Waals surface area contributed by atoms with Crippen molar-refractivity contribution in [3.63, 3.8) is 0 Å². The zero-order chi connectivity index (χ0) is 42.1. The maximum atomic E-state index is 12.7. The molecule has 0 aromatic carbocycles. The number of carboxylic acid groups (broad SMARTS) is 1. The molecule has 0 saturated heterocycles. The fourth-order valence-electron chi connectivity index (χ4n) is 4.99. The molecule has 0 bridgehead atoms. The van der Waals surface area contributed by atoms with E-state index in [2.05, 4.69) is 92.8 Å². The highest BCUT2D eigenvalue weighted by Gasteiger charge is 2.25. The van der Waals surface area contributed by atoms with Crippen molar-refractivity contribution >= 4 is 17.9 Å². The minimum Gasteiger partial charge on any atom is -0.544 e. The number of allylic oxidation sites excluding steroid dienone is 22. The molecule has 0 aliphatic rings. The third-order valence-electron chi connectivity index (χ3n) is 8.16. The van der Waals surface area contributed by atoms with Gasteiger partial charge in [-0.2, -0.15) is 0 Å². The van der Waals surface area contributed by atoms with Gasteiger partial charge >= 0.3 is 11.9 Å². The Labute approximate surface area is 345 Å². The van der Waals surface area contributed by atoms with Crippen molar-refractivity contribution in [1.29, 1.82) is 0 Å². The molecule has 8 heteroatoms. The van der Waals surface area contributed by atoms with Crippen LogP contribution in [0.15, 0.2) is 134 Å². The highest BCUT2D eigenvalue weighted by atomic mass is 16.6. The van der Waals surface area contributed by atoms with E-state index in [4.69, 9.17) is 14.2 Å². The lowest BCUT2D eigenvalue weighted by atomic mass is 10.1. The summed E-state index contributed by atoms with van der Waals surface area (Å²) in [5.74, 6) is -1.94. The third kappa shape index (κ3) is 36.8. The molecule has 2 unspecified atom stereocenters. The molecule has 0 saturated carbocycles. The summed E-state index contributed by atoms with van der Waals surface area (Å²) in [6.45, 7) is 4.21. The van der Waals surface area contributed by atoms with Crippen molar-refractivity contribution in [2.75, 3.05) is 41.0 Å². The molecular formula is C49H73NO7. The van der Waals surface area contributed by atoms with Crippen LogP contribution >= 0.6 is 0 Å². The molecule has 8 nitrogen and oxygen atoms in total. The van der Waals surface area contributed by atoms with Crippen LogP contribution in [0, 0.1) is 0 Å². The van der Waals surface area contributed by atoms with Crippen LogP contribution in [0.5, 0.6) is 0 Å². The second kappa shape index (κ2) is 38.3. The standard InChI is InChI=1S/C49H73NO7/c1-6-8-10-12-14-16-18-20-21-22-23-24-25-26-28-30-32-34-36-38-40-48(52)57-45(43-55-42-41-46(49(53)54)50(3,4)5)44-56-47(51)39-37-35-33-31-29-27-19-17-15-13-11-9-7-2/h8-11,13-17,19-21,23-24,26-29,31-34,45-46H,6-7,12,18,22,25,30,35-44H2,1-5H3/b10-8+,11-9+,15-13+,16-14+,19-17+,21-20+,24-23+,28-26+,29-27+,33-31+,34-32+. The van der Waals surface area contributed by atoms with Gasteiger partial charge in [0.15, 0.2) is 6.10 Å². The van der Waals surface area contributed by atoms with E-state index in [-0.39, 0.29) is 49.5 Å². The van der Waals surface area contributed by atoms with Gasteiger partial charge < -0.3 is 28.6 Å². The first-order chi connectivity index (χ1) is 27.6. The topological polar surface area (TPSA) is 102 Å². The molecule has 0 heterocycles. The largest absolute Gasteiger partial charge is 0.544 e. The van der Waals surface area contributed by atoms with Crippen LogP contribution in [0.3, 0.4) is 0 Å². The van der Waals surface area contributed by atoms with Gasteiger partial charge in [-0.15, -0.1) is 0 Å². The average molecular weight is 788 g/mol. The summed E-state index contributed by atoms with van der Waals surface area (Å²) in [4.78, 5) is 36.7. The number of nitrogens with zero attached hydrogens (tertiary/aromatic N) is 1. The van der Waals surface area contributed by atoms with Gasteiger partial charge in [0, 0.05) is 19.3 Å². The van der Waals surface area contributed by atoms with Crippen LogP contribution < -0.4 is 5.11 Å². The zero-order valence-electron chi connectivity index (χ0n) is 35.7. The molecule has 2 atom stereocenters. The fourth-order valence-corrected chi connectivity index (χ4v) is 4.99. The molecule has 0 aliphatic carbocycles. The Morgan fingerprint density at radius 3 is 1.47 bits per heavy atom. The van der Waals surface area contributed by atoms with Crippen LogP contribution in [0.25, 0.3) is 0 Å². The lowest BCUT2D eigenvalue weighted by molar-refractivity contribution is -0.889. The average Bonchev–Trinajstić information content (AvgIpc) is 3.17. The Balaban J connectivity index is 4.62. The number of aliphatic carboxylic acids is 1. The number of carboxylic acids is 1. The summed E-state index contributed by atoms with van der Waals surface area (Å²) in [5.41, 5.74) is 0. The van der Waals surface area contributed by atoms with Crippen molar-refractivity contribution in [2.45, 2.75) is 116 Å². The highest BCUT2D eigenvalue weighted by Crippen LogP contribution is 2.10. The molecule has 0 radical (unpaired) electrons. The van der Waals surface area contributed by atoms with Crippen LogP contribution in [0.1, 0.15) is 104 Å².